The number of hydrogen-bond acceptors (Lipinski definition) is 4. The molecule has 1 heterocycles. The van der Waals surface area contributed by atoms with Crippen molar-refractivity contribution in [2.45, 2.75) is 26.7 Å². The van der Waals surface area contributed by atoms with Crippen molar-refractivity contribution in [3.63, 3.8) is 0 Å². The topological polar surface area (TPSA) is 67.9 Å². The third kappa shape index (κ3) is 4.40. The average molecular weight is 334 g/mol. The van der Waals surface area contributed by atoms with Gasteiger partial charge in [0.25, 0.3) is 0 Å². The number of nitrogens with zero attached hydrogens (tertiary/aromatic N) is 1. The first-order chi connectivity index (χ1) is 11.4. The lowest BCUT2D eigenvalue weighted by Gasteiger charge is -2.28. The van der Waals surface area contributed by atoms with Crippen LogP contribution in [0.25, 0.3) is 0 Å². The summed E-state index contributed by atoms with van der Waals surface area (Å²) in [5, 5.41) is 2.78. The molecular formula is C18H26N2O4. The predicted molar refractivity (Wildman–Crippen MR) is 91.1 cm³/mol. The van der Waals surface area contributed by atoms with E-state index in [0.717, 1.165) is 31.7 Å². The number of methoxy groups -OCH3 is 1. The molecule has 1 saturated heterocycles. The highest BCUT2D eigenvalue weighted by Crippen LogP contribution is 2.22. The maximum Gasteiger partial charge on any atom is 0.237 e. The average Bonchev–Trinajstić information content (AvgIpc) is 3.12. The van der Waals surface area contributed by atoms with E-state index in [1.807, 2.05) is 24.3 Å². The van der Waals surface area contributed by atoms with E-state index in [9.17, 15) is 9.59 Å². The van der Waals surface area contributed by atoms with Gasteiger partial charge in [-0.2, -0.15) is 0 Å². The van der Waals surface area contributed by atoms with Crippen LogP contribution in [0.4, 0.5) is 0 Å². The van der Waals surface area contributed by atoms with Gasteiger partial charge in [0.1, 0.15) is 23.5 Å². The van der Waals surface area contributed by atoms with Gasteiger partial charge in [-0.15, -0.1) is 0 Å². The van der Waals surface area contributed by atoms with Crippen LogP contribution in [0.2, 0.25) is 0 Å². The molecule has 1 aliphatic rings. The Hall–Kier alpha value is -2.24. The van der Waals surface area contributed by atoms with E-state index in [0.29, 0.717) is 18.9 Å². The third-order valence-corrected chi connectivity index (χ3v) is 4.21. The van der Waals surface area contributed by atoms with Crippen LogP contribution >= 0.6 is 0 Å². The zero-order valence-corrected chi connectivity index (χ0v) is 14.6. The minimum atomic E-state index is -1.05. The van der Waals surface area contributed by atoms with Gasteiger partial charge < -0.3 is 19.7 Å². The Morgan fingerprint density at radius 1 is 1.12 bits per heavy atom. The summed E-state index contributed by atoms with van der Waals surface area (Å²) in [5.74, 6) is 1.10. The Bertz CT molecular complexity index is 563. The second-order valence-electron chi connectivity index (χ2n) is 6.40. The number of amides is 2. The van der Waals surface area contributed by atoms with Crippen LogP contribution in [0.5, 0.6) is 11.5 Å². The van der Waals surface area contributed by atoms with Gasteiger partial charge in [-0.25, -0.2) is 0 Å². The lowest BCUT2D eigenvalue weighted by atomic mass is 9.90. The summed E-state index contributed by atoms with van der Waals surface area (Å²) in [7, 11) is 1.61. The zero-order valence-electron chi connectivity index (χ0n) is 14.6. The highest BCUT2D eigenvalue weighted by molar-refractivity contribution is 6.04. The van der Waals surface area contributed by atoms with Crippen molar-refractivity contribution in [3.8, 4) is 11.5 Å². The maximum atomic E-state index is 12.4. The molecule has 1 aromatic carbocycles. The highest BCUT2D eigenvalue weighted by atomic mass is 16.5. The molecule has 2 rings (SSSR count). The molecule has 0 aliphatic carbocycles. The van der Waals surface area contributed by atoms with Gasteiger partial charge in [-0.1, -0.05) is 0 Å². The Labute approximate surface area is 143 Å². The molecule has 0 atom stereocenters. The quantitative estimate of drug-likeness (QED) is 0.610. The van der Waals surface area contributed by atoms with Crippen molar-refractivity contribution in [2.24, 2.45) is 5.41 Å². The number of benzene rings is 1. The normalized spacial score (nSPS) is 14.4. The van der Waals surface area contributed by atoms with Crippen LogP contribution in [0.1, 0.15) is 26.7 Å². The molecule has 6 nitrogen and oxygen atoms in total. The van der Waals surface area contributed by atoms with Crippen molar-refractivity contribution in [1.82, 2.24) is 10.2 Å². The Morgan fingerprint density at radius 3 is 2.29 bits per heavy atom. The molecule has 0 aromatic heterocycles. The van der Waals surface area contributed by atoms with Crippen LogP contribution in [-0.2, 0) is 9.59 Å². The van der Waals surface area contributed by atoms with E-state index in [2.05, 4.69) is 5.32 Å². The maximum absolute atomic E-state index is 12.4. The van der Waals surface area contributed by atoms with Gasteiger partial charge >= 0.3 is 0 Å². The molecule has 132 valence electrons. The second-order valence-corrected chi connectivity index (χ2v) is 6.40. The van der Waals surface area contributed by atoms with E-state index >= 15 is 0 Å². The van der Waals surface area contributed by atoms with Crippen molar-refractivity contribution >= 4 is 11.8 Å². The summed E-state index contributed by atoms with van der Waals surface area (Å²) in [6.07, 6.45) is 2.03. The molecule has 0 radical (unpaired) electrons. The molecule has 1 N–H and O–H groups in total. The van der Waals surface area contributed by atoms with Gasteiger partial charge in [-0.3, -0.25) is 9.59 Å². The summed E-state index contributed by atoms with van der Waals surface area (Å²) in [5.41, 5.74) is -1.05. The fourth-order valence-corrected chi connectivity index (χ4v) is 2.64. The molecule has 0 saturated carbocycles. The van der Waals surface area contributed by atoms with E-state index in [-0.39, 0.29) is 11.8 Å². The molecular weight excluding hydrogens is 308 g/mol. The monoisotopic (exact) mass is 334 g/mol. The molecule has 0 spiro atoms. The van der Waals surface area contributed by atoms with Crippen LogP contribution in [-0.4, -0.2) is 50.1 Å². The summed E-state index contributed by atoms with van der Waals surface area (Å²) < 4.78 is 10.6. The first-order valence-electron chi connectivity index (χ1n) is 8.29. The summed E-state index contributed by atoms with van der Waals surface area (Å²) in [4.78, 5) is 26.5. The summed E-state index contributed by atoms with van der Waals surface area (Å²) >= 11 is 0. The number of carbonyl (C=O) groups excluding carboxylic acids is 2. The molecule has 1 aromatic rings. The molecule has 0 unspecified atom stereocenters. The van der Waals surface area contributed by atoms with Crippen LogP contribution in [0, 0.1) is 5.41 Å². The van der Waals surface area contributed by atoms with Gasteiger partial charge in [0, 0.05) is 13.1 Å². The van der Waals surface area contributed by atoms with E-state index in [1.54, 1.807) is 25.9 Å². The molecule has 0 bridgehead atoms. The lowest BCUT2D eigenvalue weighted by Crippen LogP contribution is -2.49. The number of nitrogens with one attached hydrogen (secondary N) is 1. The van der Waals surface area contributed by atoms with E-state index in [4.69, 9.17) is 9.47 Å². The van der Waals surface area contributed by atoms with Crippen molar-refractivity contribution < 1.29 is 19.1 Å². The second kappa shape index (κ2) is 8.04. The van der Waals surface area contributed by atoms with Crippen molar-refractivity contribution in [3.05, 3.63) is 24.3 Å². The molecule has 1 aliphatic heterocycles. The standard InChI is InChI=1S/C18H26N2O4/c1-18(2,17(22)20-11-4-5-12-20)16(21)19-10-13-24-15-8-6-14(23-3)7-9-15/h6-9H,4-5,10-13H2,1-3H3,(H,19,21). The first kappa shape index (κ1) is 18.1. The number of rotatable bonds is 7. The van der Waals surface area contributed by atoms with Crippen molar-refractivity contribution in [1.29, 1.82) is 0 Å². The highest BCUT2D eigenvalue weighted by Gasteiger charge is 2.39. The third-order valence-electron chi connectivity index (χ3n) is 4.21. The predicted octanol–water partition coefficient (Wildman–Crippen LogP) is 1.84. The van der Waals surface area contributed by atoms with E-state index in [1.165, 1.54) is 0 Å². The minimum Gasteiger partial charge on any atom is -0.497 e. The van der Waals surface area contributed by atoms with Gasteiger partial charge in [0.2, 0.25) is 11.8 Å². The SMILES string of the molecule is COc1ccc(OCCNC(=O)C(C)(C)C(=O)N2CCCC2)cc1. The number of likely N-dealkylation sites (tertiary alicyclic amines) is 1. The molecule has 6 heteroatoms. The van der Waals surface area contributed by atoms with Crippen LogP contribution in [0.15, 0.2) is 24.3 Å². The summed E-state index contributed by atoms with van der Waals surface area (Å²) in [6.45, 7) is 5.53. The Morgan fingerprint density at radius 2 is 1.71 bits per heavy atom. The largest absolute Gasteiger partial charge is 0.497 e. The lowest BCUT2D eigenvalue weighted by molar-refractivity contribution is -0.147. The van der Waals surface area contributed by atoms with Gasteiger partial charge in [-0.05, 0) is 51.0 Å². The first-order valence-corrected chi connectivity index (χ1v) is 8.29. The summed E-state index contributed by atoms with van der Waals surface area (Å²) in [6, 6.07) is 7.24. The van der Waals surface area contributed by atoms with Crippen LogP contribution < -0.4 is 14.8 Å². The Balaban J connectivity index is 1.76. The number of hydrogen-bond donors (Lipinski definition) is 1. The zero-order chi connectivity index (χ0) is 17.6. The van der Waals surface area contributed by atoms with E-state index < -0.39 is 5.41 Å². The molecule has 1 fully saturated rings. The molecule has 2 amide bonds. The Kier molecular flexibility index (Phi) is 6.06. The van der Waals surface area contributed by atoms with Gasteiger partial charge in [0.15, 0.2) is 0 Å². The fraction of sp³-hybridized carbons (Fsp3) is 0.556. The molecule has 24 heavy (non-hydrogen) atoms. The van der Waals surface area contributed by atoms with Gasteiger partial charge in [0.05, 0.1) is 13.7 Å². The minimum absolute atomic E-state index is 0.103. The smallest absolute Gasteiger partial charge is 0.237 e. The number of ether oxygens (including phenoxy) is 2. The van der Waals surface area contributed by atoms with Crippen LogP contribution in [0.3, 0.4) is 0 Å². The van der Waals surface area contributed by atoms with Crippen molar-refractivity contribution in [2.75, 3.05) is 33.4 Å². The number of carbonyl (C=O) groups is 2. The fourth-order valence-electron chi connectivity index (χ4n) is 2.64.